The molecule has 0 bridgehead atoms. The number of hydrogen-bond acceptors (Lipinski definition) is 4. The smallest absolute Gasteiger partial charge is 0.220 e. The van der Waals surface area contributed by atoms with E-state index in [4.69, 9.17) is 11.6 Å². The summed E-state index contributed by atoms with van der Waals surface area (Å²) in [5, 5.41) is 3.83. The van der Waals surface area contributed by atoms with E-state index in [1.807, 2.05) is 12.1 Å². The van der Waals surface area contributed by atoms with E-state index in [1.54, 1.807) is 0 Å². The number of carbonyl (C=O) groups is 1. The predicted molar refractivity (Wildman–Crippen MR) is 106 cm³/mol. The number of halogens is 1. The highest BCUT2D eigenvalue weighted by Gasteiger charge is 2.36. The van der Waals surface area contributed by atoms with Gasteiger partial charge in [0, 0.05) is 62.9 Å². The van der Waals surface area contributed by atoms with Crippen LogP contribution < -0.4 is 10.2 Å². The van der Waals surface area contributed by atoms with Crippen molar-refractivity contribution < 1.29 is 4.79 Å². The molecule has 5 nitrogen and oxygen atoms in total. The van der Waals surface area contributed by atoms with E-state index in [1.165, 1.54) is 18.7 Å². The summed E-state index contributed by atoms with van der Waals surface area (Å²) in [6, 6.07) is 8.17. The minimum atomic E-state index is 0.241. The summed E-state index contributed by atoms with van der Waals surface area (Å²) in [5.41, 5.74) is 1.24. The Bertz CT molecular complexity index is 632. The zero-order valence-electron chi connectivity index (χ0n) is 15.4. The van der Waals surface area contributed by atoms with Crippen molar-refractivity contribution in [3.8, 4) is 0 Å². The molecule has 0 radical (unpaired) electrons. The highest BCUT2D eigenvalue weighted by Crippen LogP contribution is 2.28. The summed E-state index contributed by atoms with van der Waals surface area (Å²) in [7, 11) is 0. The van der Waals surface area contributed by atoms with Gasteiger partial charge in [0.25, 0.3) is 0 Å². The molecule has 1 amide bonds. The lowest BCUT2D eigenvalue weighted by molar-refractivity contribution is -0.124. The summed E-state index contributed by atoms with van der Waals surface area (Å²) in [4.78, 5) is 19.1. The van der Waals surface area contributed by atoms with Gasteiger partial charge in [0.15, 0.2) is 0 Å². The average Bonchev–Trinajstić information content (AvgIpc) is 3.04. The summed E-state index contributed by atoms with van der Waals surface area (Å²) in [6.45, 7) is 9.87. The van der Waals surface area contributed by atoms with Crippen molar-refractivity contribution in [2.75, 3.05) is 63.8 Å². The van der Waals surface area contributed by atoms with E-state index >= 15 is 0 Å². The molecule has 1 aromatic carbocycles. The number of benzene rings is 1. The Labute approximate surface area is 161 Å². The minimum Gasteiger partial charge on any atom is -0.369 e. The van der Waals surface area contributed by atoms with Crippen molar-refractivity contribution >= 4 is 23.2 Å². The van der Waals surface area contributed by atoms with Gasteiger partial charge in [-0.2, -0.15) is 0 Å². The van der Waals surface area contributed by atoms with E-state index in [0.717, 1.165) is 63.8 Å². The Morgan fingerprint density at radius 1 is 1.04 bits per heavy atom. The van der Waals surface area contributed by atoms with Gasteiger partial charge in [-0.25, -0.2) is 0 Å². The number of fused-ring (bicyclic) bond motifs is 1. The van der Waals surface area contributed by atoms with Crippen molar-refractivity contribution in [1.82, 2.24) is 15.1 Å². The van der Waals surface area contributed by atoms with Gasteiger partial charge < -0.3 is 15.1 Å². The third-order valence-corrected chi connectivity index (χ3v) is 6.39. The lowest BCUT2D eigenvalue weighted by atomic mass is 9.89. The second kappa shape index (κ2) is 8.15. The van der Waals surface area contributed by atoms with Crippen LogP contribution in [0.3, 0.4) is 0 Å². The van der Waals surface area contributed by atoms with Crippen molar-refractivity contribution in [1.29, 1.82) is 0 Å². The summed E-state index contributed by atoms with van der Waals surface area (Å²) in [6.07, 6.45) is 1.95. The molecule has 0 saturated carbocycles. The van der Waals surface area contributed by atoms with Crippen LogP contribution in [0.1, 0.15) is 12.8 Å². The topological polar surface area (TPSA) is 38.8 Å². The Morgan fingerprint density at radius 3 is 2.62 bits per heavy atom. The Kier molecular flexibility index (Phi) is 5.67. The van der Waals surface area contributed by atoms with Gasteiger partial charge in [0.2, 0.25) is 5.91 Å². The first-order chi connectivity index (χ1) is 12.7. The number of carbonyl (C=O) groups excluding carboxylic acids is 1. The first-order valence-corrected chi connectivity index (χ1v) is 10.3. The molecule has 4 rings (SSSR count). The zero-order valence-corrected chi connectivity index (χ0v) is 16.1. The Balaban J connectivity index is 1.16. The first kappa shape index (κ1) is 18.1. The predicted octanol–water partition coefficient (Wildman–Crippen LogP) is 1.92. The van der Waals surface area contributed by atoms with Crippen LogP contribution in [0, 0.1) is 11.8 Å². The van der Waals surface area contributed by atoms with Crippen LogP contribution in [-0.2, 0) is 4.79 Å². The lowest BCUT2D eigenvalue weighted by Crippen LogP contribution is -2.47. The number of nitrogens with zero attached hydrogens (tertiary/aromatic N) is 3. The van der Waals surface area contributed by atoms with Crippen molar-refractivity contribution in [3.05, 3.63) is 29.3 Å². The first-order valence-electron chi connectivity index (χ1n) is 9.89. The van der Waals surface area contributed by atoms with Crippen LogP contribution >= 0.6 is 11.6 Å². The minimum absolute atomic E-state index is 0.241. The summed E-state index contributed by atoms with van der Waals surface area (Å²) >= 11 is 6.11. The molecule has 142 valence electrons. The fourth-order valence-corrected chi connectivity index (χ4v) is 4.84. The molecule has 26 heavy (non-hydrogen) atoms. The maximum absolute atomic E-state index is 11.5. The number of piperazine rings is 1. The lowest BCUT2D eigenvalue weighted by Gasteiger charge is -2.36. The maximum Gasteiger partial charge on any atom is 0.220 e. The molecule has 1 N–H and O–H groups in total. The van der Waals surface area contributed by atoms with Gasteiger partial charge in [-0.1, -0.05) is 17.7 Å². The van der Waals surface area contributed by atoms with Crippen LogP contribution in [0.2, 0.25) is 5.02 Å². The number of nitrogens with one attached hydrogen (secondary N) is 1. The fourth-order valence-electron chi connectivity index (χ4n) is 4.66. The Hall–Kier alpha value is -1.30. The number of hydrogen-bond donors (Lipinski definition) is 1. The van der Waals surface area contributed by atoms with E-state index in [0.29, 0.717) is 11.8 Å². The maximum atomic E-state index is 11.5. The third-order valence-electron chi connectivity index (χ3n) is 6.16. The van der Waals surface area contributed by atoms with E-state index in [9.17, 15) is 4.79 Å². The molecule has 1 aromatic rings. The van der Waals surface area contributed by atoms with Gasteiger partial charge >= 0.3 is 0 Å². The molecule has 0 aromatic heterocycles. The van der Waals surface area contributed by atoms with Gasteiger partial charge in [-0.3, -0.25) is 9.69 Å². The molecule has 3 heterocycles. The molecule has 3 aliphatic heterocycles. The highest BCUT2D eigenvalue weighted by molar-refractivity contribution is 6.30. The highest BCUT2D eigenvalue weighted by atomic mass is 35.5. The second-order valence-electron chi connectivity index (χ2n) is 7.95. The van der Waals surface area contributed by atoms with Crippen LogP contribution in [-0.4, -0.2) is 74.6 Å². The molecule has 2 atom stereocenters. The average molecular weight is 377 g/mol. The number of rotatable bonds is 5. The van der Waals surface area contributed by atoms with E-state index in [2.05, 4.69) is 32.1 Å². The van der Waals surface area contributed by atoms with Crippen molar-refractivity contribution in [2.45, 2.75) is 12.8 Å². The molecule has 3 fully saturated rings. The molecule has 3 saturated heterocycles. The summed E-state index contributed by atoms with van der Waals surface area (Å²) < 4.78 is 0. The zero-order chi connectivity index (χ0) is 17.9. The van der Waals surface area contributed by atoms with Crippen LogP contribution in [0.5, 0.6) is 0 Å². The Morgan fingerprint density at radius 2 is 1.81 bits per heavy atom. The molecule has 3 aliphatic rings. The van der Waals surface area contributed by atoms with Crippen LogP contribution in [0.4, 0.5) is 5.69 Å². The standard InChI is InChI=1S/C20H29ClN4O/c21-18-3-1-4-19(12-18)25-9-7-23(8-10-25)5-2-6-24-14-16-11-20(26)22-13-17(16)15-24/h1,3-4,12,16-17H,2,5-11,13-15H2,(H,22,26)/t16-,17+/m1/s1. The number of amides is 1. The SMILES string of the molecule is O=C1C[C@@H]2CN(CCCN3CCN(c4cccc(Cl)c4)CC3)C[C@@H]2CN1. The number of likely N-dealkylation sites (tertiary alicyclic amines) is 1. The number of piperidine rings is 1. The van der Waals surface area contributed by atoms with Gasteiger partial charge in [-0.05, 0) is 49.5 Å². The van der Waals surface area contributed by atoms with Crippen LogP contribution in [0.15, 0.2) is 24.3 Å². The van der Waals surface area contributed by atoms with Gasteiger partial charge in [0.1, 0.15) is 0 Å². The molecule has 0 spiro atoms. The quantitative estimate of drug-likeness (QED) is 0.852. The third kappa shape index (κ3) is 4.33. The summed E-state index contributed by atoms with van der Waals surface area (Å²) in [5.74, 6) is 1.50. The normalized spacial score (nSPS) is 27.4. The molecular formula is C20H29ClN4O. The van der Waals surface area contributed by atoms with Gasteiger partial charge in [-0.15, -0.1) is 0 Å². The monoisotopic (exact) mass is 376 g/mol. The van der Waals surface area contributed by atoms with Crippen molar-refractivity contribution in [2.24, 2.45) is 11.8 Å². The van der Waals surface area contributed by atoms with Gasteiger partial charge in [0.05, 0.1) is 0 Å². The van der Waals surface area contributed by atoms with E-state index < -0.39 is 0 Å². The second-order valence-corrected chi connectivity index (χ2v) is 8.39. The largest absolute Gasteiger partial charge is 0.369 e. The molecular weight excluding hydrogens is 348 g/mol. The molecule has 0 unspecified atom stereocenters. The molecule has 6 heteroatoms. The van der Waals surface area contributed by atoms with Crippen LogP contribution in [0.25, 0.3) is 0 Å². The fraction of sp³-hybridized carbons (Fsp3) is 0.650. The number of anilines is 1. The van der Waals surface area contributed by atoms with E-state index in [-0.39, 0.29) is 5.91 Å². The molecule has 0 aliphatic carbocycles. The van der Waals surface area contributed by atoms with Crippen molar-refractivity contribution in [3.63, 3.8) is 0 Å².